The highest BCUT2D eigenvalue weighted by atomic mass is 16.5. The number of likely N-dealkylation sites (tertiary alicyclic amines) is 1. The van der Waals surface area contributed by atoms with Gasteiger partial charge in [0.2, 0.25) is 0 Å². The van der Waals surface area contributed by atoms with Crippen LogP contribution in [0.15, 0.2) is 45.9 Å². The average Bonchev–Trinajstić information content (AvgIpc) is 3.45. The van der Waals surface area contributed by atoms with Crippen molar-refractivity contribution in [1.82, 2.24) is 9.88 Å². The quantitative estimate of drug-likeness (QED) is 0.569. The number of hydrogen-bond acceptors (Lipinski definition) is 4. The van der Waals surface area contributed by atoms with E-state index in [1.165, 1.54) is 51.7 Å². The van der Waals surface area contributed by atoms with Gasteiger partial charge in [-0.25, -0.2) is 4.99 Å². The Balaban J connectivity index is 1.46. The van der Waals surface area contributed by atoms with Crippen LogP contribution >= 0.6 is 0 Å². The minimum absolute atomic E-state index is 0.227. The Morgan fingerprint density at radius 1 is 1.18 bits per heavy atom. The van der Waals surface area contributed by atoms with Crippen molar-refractivity contribution in [3.8, 4) is 0 Å². The second kappa shape index (κ2) is 10.0. The number of benzene rings is 1. The third-order valence-electron chi connectivity index (χ3n) is 7.74. The van der Waals surface area contributed by atoms with Crippen molar-refractivity contribution in [2.24, 2.45) is 9.98 Å². The molecule has 3 heterocycles. The molecule has 0 saturated carbocycles. The van der Waals surface area contributed by atoms with Gasteiger partial charge in [-0.15, -0.1) is 0 Å². The first kappa shape index (κ1) is 23.3. The summed E-state index contributed by atoms with van der Waals surface area (Å²) in [5, 5.41) is 1.39. The largest absolute Gasteiger partial charge is 0.383 e. The number of ether oxygens (including phenoxy) is 1. The maximum Gasteiger partial charge on any atom is 0.111 e. The lowest BCUT2D eigenvalue weighted by Crippen LogP contribution is -2.35. The Kier molecular flexibility index (Phi) is 6.84. The number of allylic oxidation sites excluding steroid dienone is 3. The van der Waals surface area contributed by atoms with E-state index < -0.39 is 0 Å². The van der Waals surface area contributed by atoms with Crippen LogP contribution in [0.25, 0.3) is 16.5 Å². The third kappa shape index (κ3) is 4.56. The lowest BCUT2D eigenvalue weighted by molar-refractivity contribution is 0.130. The lowest BCUT2D eigenvalue weighted by Gasteiger charge is -2.32. The fraction of sp³-hybridized carbons (Fsp3) is 0.517. The van der Waals surface area contributed by atoms with Gasteiger partial charge in [-0.3, -0.25) is 4.99 Å². The van der Waals surface area contributed by atoms with E-state index in [0.717, 1.165) is 44.8 Å². The molecule has 1 N–H and O–H groups in total. The summed E-state index contributed by atoms with van der Waals surface area (Å²) in [7, 11) is 1.79. The van der Waals surface area contributed by atoms with Crippen molar-refractivity contribution in [3.63, 3.8) is 0 Å². The molecule has 1 aromatic heterocycles. The van der Waals surface area contributed by atoms with E-state index in [2.05, 4.69) is 71.0 Å². The summed E-state index contributed by atoms with van der Waals surface area (Å²) in [6.07, 6.45) is 10.9. The number of nitrogens with one attached hydrogen (secondary N) is 1. The van der Waals surface area contributed by atoms with Crippen LogP contribution in [0.3, 0.4) is 0 Å². The number of aromatic amines is 1. The van der Waals surface area contributed by atoms with Crippen LogP contribution in [0, 0.1) is 0 Å². The number of nitrogens with zero attached hydrogens (tertiary/aromatic N) is 3. The summed E-state index contributed by atoms with van der Waals surface area (Å²) in [5.74, 6) is 1.08. The van der Waals surface area contributed by atoms with Crippen LogP contribution in [-0.4, -0.2) is 61.3 Å². The molecule has 0 amide bonds. The van der Waals surface area contributed by atoms with E-state index in [-0.39, 0.29) is 6.04 Å². The van der Waals surface area contributed by atoms with E-state index in [1.807, 2.05) is 0 Å². The molecule has 1 fully saturated rings. The zero-order chi connectivity index (χ0) is 23.7. The summed E-state index contributed by atoms with van der Waals surface area (Å²) in [4.78, 5) is 15.4. The Morgan fingerprint density at radius 2 is 2.00 bits per heavy atom. The van der Waals surface area contributed by atoms with Crippen LogP contribution in [0.5, 0.6) is 0 Å². The van der Waals surface area contributed by atoms with E-state index >= 15 is 0 Å². The molecule has 180 valence electrons. The summed E-state index contributed by atoms with van der Waals surface area (Å²) in [6.45, 7) is 11.0. The molecule has 1 saturated heterocycles. The Bertz CT molecular complexity index is 1160. The predicted molar refractivity (Wildman–Crippen MR) is 143 cm³/mol. The monoisotopic (exact) mass is 458 g/mol. The van der Waals surface area contributed by atoms with Crippen molar-refractivity contribution >= 4 is 28.5 Å². The van der Waals surface area contributed by atoms with Crippen LogP contribution in [0.4, 0.5) is 0 Å². The number of aromatic nitrogens is 1. The molecule has 5 rings (SSSR count). The summed E-state index contributed by atoms with van der Waals surface area (Å²) in [5.41, 5.74) is 9.09. The number of H-pyrrole nitrogens is 1. The molecule has 1 aliphatic carbocycles. The van der Waals surface area contributed by atoms with E-state index in [4.69, 9.17) is 4.74 Å². The van der Waals surface area contributed by atoms with Gasteiger partial charge in [0.05, 0.1) is 18.4 Å². The molecular weight excluding hydrogens is 420 g/mol. The Morgan fingerprint density at radius 3 is 2.76 bits per heavy atom. The van der Waals surface area contributed by atoms with Crippen molar-refractivity contribution in [1.29, 1.82) is 0 Å². The molecule has 1 unspecified atom stereocenters. The van der Waals surface area contributed by atoms with Crippen LogP contribution < -0.4 is 0 Å². The molecule has 5 nitrogen and oxygen atoms in total. The number of hydrogen-bond donors (Lipinski definition) is 1. The van der Waals surface area contributed by atoms with Gasteiger partial charge in [0.1, 0.15) is 6.34 Å². The minimum Gasteiger partial charge on any atom is -0.383 e. The highest BCUT2D eigenvalue weighted by Gasteiger charge is 2.25. The molecule has 0 radical (unpaired) electrons. The van der Waals surface area contributed by atoms with Crippen LogP contribution in [0.1, 0.15) is 75.1 Å². The smallest absolute Gasteiger partial charge is 0.111 e. The molecule has 2 aliphatic heterocycles. The molecule has 3 aliphatic rings. The molecule has 34 heavy (non-hydrogen) atoms. The van der Waals surface area contributed by atoms with Gasteiger partial charge in [0.25, 0.3) is 0 Å². The highest BCUT2D eigenvalue weighted by molar-refractivity contribution is 6.11. The van der Waals surface area contributed by atoms with Gasteiger partial charge in [-0.2, -0.15) is 0 Å². The zero-order valence-corrected chi connectivity index (χ0v) is 21.1. The number of fused-ring (bicyclic) bond motifs is 2. The van der Waals surface area contributed by atoms with Crippen molar-refractivity contribution < 1.29 is 4.74 Å². The first-order chi connectivity index (χ1) is 16.5. The molecular formula is C29H38N4O. The van der Waals surface area contributed by atoms with Crippen LogP contribution in [0.2, 0.25) is 0 Å². The van der Waals surface area contributed by atoms with Crippen molar-refractivity contribution in [3.05, 3.63) is 52.7 Å². The molecule has 1 atom stereocenters. The SMILES string of the molecule is COCCN1CCC(c2ccc3[nH]c(C4=C/CCC5N=CN=C5/C(C)=C\4)c(C(C)C)c3c2)CC1. The molecule has 1 aromatic carbocycles. The van der Waals surface area contributed by atoms with Gasteiger partial charge in [0, 0.05) is 30.3 Å². The summed E-state index contributed by atoms with van der Waals surface area (Å²) in [6, 6.07) is 7.36. The van der Waals surface area contributed by atoms with Crippen LogP contribution in [-0.2, 0) is 4.74 Å². The van der Waals surface area contributed by atoms with Crippen molar-refractivity contribution in [2.75, 3.05) is 33.4 Å². The second-order valence-electron chi connectivity index (χ2n) is 10.3. The van der Waals surface area contributed by atoms with Crippen molar-refractivity contribution in [2.45, 2.75) is 64.3 Å². The zero-order valence-electron chi connectivity index (χ0n) is 21.1. The highest BCUT2D eigenvalue weighted by Crippen LogP contribution is 2.38. The van der Waals surface area contributed by atoms with Gasteiger partial charge < -0.3 is 14.6 Å². The minimum atomic E-state index is 0.227. The maximum absolute atomic E-state index is 5.27. The standard InChI is InChI=1S/C29H38N4O/c1-19(2)27-24-17-22(21-10-12-33(13-11-21)14-15-34-4)8-9-25(24)32-29(27)23-6-5-7-26-28(20(3)16-23)31-18-30-26/h6,8-9,16-19,21,26,32H,5,7,10-15H2,1-4H3/b20-16-,23-6+. The van der Waals surface area contributed by atoms with E-state index in [0.29, 0.717) is 11.8 Å². The fourth-order valence-electron chi connectivity index (χ4n) is 5.87. The van der Waals surface area contributed by atoms with E-state index in [1.54, 1.807) is 13.4 Å². The van der Waals surface area contributed by atoms with Gasteiger partial charge >= 0.3 is 0 Å². The van der Waals surface area contributed by atoms with Gasteiger partial charge in [-0.05, 0) is 98.0 Å². The number of methoxy groups -OCH3 is 1. The number of aliphatic imine (C=N–C) groups is 2. The molecule has 2 aromatic rings. The van der Waals surface area contributed by atoms with Gasteiger partial charge in [0.15, 0.2) is 0 Å². The normalized spacial score (nSPS) is 25.0. The average molecular weight is 459 g/mol. The number of piperidine rings is 1. The molecule has 0 bridgehead atoms. The first-order valence-corrected chi connectivity index (χ1v) is 12.9. The maximum atomic E-state index is 5.27. The summed E-state index contributed by atoms with van der Waals surface area (Å²) >= 11 is 0. The molecule has 0 spiro atoms. The van der Waals surface area contributed by atoms with E-state index in [9.17, 15) is 0 Å². The predicted octanol–water partition coefficient (Wildman–Crippen LogP) is 6.09. The van der Waals surface area contributed by atoms with Gasteiger partial charge in [-0.1, -0.05) is 26.0 Å². The fourth-order valence-corrected chi connectivity index (χ4v) is 5.87. The Labute approximate surface area is 203 Å². The molecule has 5 heteroatoms. The first-order valence-electron chi connectivity index (χ1n) is 12.9. The Hall–Kier alpha value is -2.50. The topological polar surface area (TPSA) is 53.0 Å². The third-order valence-corrected chi connectivity index (χ3v) is 7.74. The summed E-state index contributed by atoms with van der Waals surface area (Å²) < 4.78 is 5.27. The second-order valence-corrected chi connectivity index (χ2v) is 10.3. The lowest BCUT2D eigenvalue weighted by atomic mass is 9.87. The number of rotatable bonds is 6.